The number of H-pyrrole nitrogens is 1. The number of aromatic amines is 1. The van der Waals surface area contributed by atoms with Gasteiger partial charge in [0.2, 0.25) is 11.2 Å². The van der Waals surface area contributed by atoms with Gasteiger partial charge in [-0.25, -0.2) is 14.4 Å². The topological polar surface area (TPSA) is 96.0 Å². The Hall–Kier alpha value is -3.04. The quantitative estimate of drug-likeness (QED) is 0.554. The number of hydrogen-bond donors (Lipinski definition) is 2. The number of likely N-dealkylation sites (N-methyl/N-ethyl adjacent to an activating group) is 1. The maximum absolute atomic E-state index is 15.9. The van der Waals surface area contributed by atoms with Gasteiger partial charge < -0.3 is 15.0 Å². The fourth-order valence-corrected chi connectivity index (χ4v) is 5.47. The van der Waals surface area contributed by atoms with Gasteiger partial charge in [-0.2, -0.15) is 4.98 Å². The van der Waals surface area contributed by atoms with Crippen molar-refractivity contribution in [3.63, 3.8) is 0 Å². The number of aromatic nitrogens is 4. The smallest absolute Gasteiger partial charge is 0.258 e. The number of nitrogens with one attached hydrogen (secondary N) is 2. The number of nitrogens with zero attached hydrogens (tertiary/aromatic N) is 4. The highest BCUT2D eigenvalue weighted by atomic mass is 35.5. The number of hydrogen-bond acceptors (Lipinski definition) is 6. The average Bonchev–Trinajstić information content (AvgIpc) is 3.18. The van der Waals surface area contributed by atoms with Gasteiger partial charge in [0.25, 0.3) is 11.8 Å². The molecule has 3 aliphatic rings. The Balaban J connectivity index is 1.43. The summed E-state index contributed by atoms with van der Waals surface area (Å²) in [7, 11) is 0. The number of carbonyl (C=O) groups is 1. The molecule has 1 amide bonds. The highest BCUT2D eigenvalue weighted by Gasteiger charge is 2.34. The lowest BCUT2D eigenvalue weighted by Gasteiger charge is -2.27. The predicted molar refractivity (Wildman–Crippen MR) is 124 cm³/mol. The molecule has 1 unspecified atom stereocenters. The molecule has 0 saturated heterocycles. The van der Waals surface area contributed by atoms with Gasteiger partial charge in [0.05, 0.1) is 22.5 Å². The van der Waals surface area contributed by atoms with Crippen LogP contribution in [-0.2, 0) is 32.2 Å². The third kappa shape index (κ3) is 3.37. The molecule has 0 radical (unpaired) electrons. The average molecular weight is 483 g/mol. The van der Waals surface area contributed by atoms with Gasteiger partial charge in [-0.1, -0.05) is 6.92 Å². The zero-order valence-electron chi connectivity index (χ0n) is 19.0. The SMILES string of the molecule is CCN1CCc2nc(Cl)nc(Oc3ncc4c(c3F)-c3[nH]c5c(c3CC4)C(=O)NC(C)C5)c2C1. The van der Waals surface area contributed by atoms with Crippen LogP contribution in [0.1, 0.15) is 52.3 Å². The number of fused-ring (bicyclic) bond motifs is 6. The van der Waals surface area contributed by atoms with E-state index in [1.165, 1.54) is 0 Å². The van der Waals surface area contributed by atoms with Crippen LogP contribution in [0.2, 0.25) is 5.28 Å². The molecule has 1 atom stereocenters. The Morgan fingerprint density at radius 1 is 1.21 bits per heavy atom. The lowest BCUT2D eigenvalue weighted by Crippen LogP contribution is -2.39. The predicted octanol–water partition coefficient (Wildman–Crippen LogP) is 3.60. The minimum Gasteiger partial charge on any atom is -0.417 e. The van der Waals surface area contributed by atoms with Gasteiger partial charge in [-0.05, 0) is 49.0 Å². The van der Waals surface area contributed by atoms with Crippen molar-refractivity contribution in [2.75, 3.05) is 13.1 Å². The van der Waals surface area contributed by atoms with Crippen molar-refractivity contribution in [2.45, 2.75) is 52.1 Å². The van der Waals surface area contributed by atoms with Crippen LogP contribution >= 0.6 is 11.6 Å². The molecule has 3 aromatic rings. The van der Waals surface area contributed by atoms with Crippen LogP contribution in [0, 0.1) is 5.82 Å². The summed E-state index contributed by atoms with van der Waals surface area (Å²) in [5, 5.41) is 3.04. The Bertz CT molecular complexity index is 1340. The number of rotatable bonds is 3. The summed E-state index contributed by atoms with van der Waals surface area (Å²) in [6.07, 6.45) is 4.30. The first-order valence-electron chi connectivity index (χ1n) is 11.6. The second kappa shape index (κ2) is 8.02. The normalized spacial score (nSPS) is 19.1. The first-order chi connectivity index (χ1) is 16.4. The van der Waals surface area contributed by atoms with Crippen molar-refractivity contribution >= 4 is 17.5 Å². The van der Waals surface area contributed by atoms with E-state index >= 15 is 4.39 Å². The summed E-state index contributed by atoms with van der Waals surface area (Å²) in [5.41, 5.74) is 5.80. The molecule has 0 saturated carbocycles. The van der Waals surface area contributed by atoms with Crippen LogP contribution in [-0.4, -0.2) is 49.9 Å². The fraction of sp³-hybridized carbons (Fsp3) is 0.417. The molecule has 0 spiro atoms. The molecule has 2 aliphatic heterocycles. The monoisotopic (exact) mass is 482 g/mol. The maximum atomic E-state index is 15.9. The molecule has 3 aromatic heterocycles. The second-order valence-corrected chi connectivity index (χ2v) is 9.47. The molecule has 0 bridgehead atoms. The zero-order chi connectivity index (χ0) is 23.6. The van der Waals surface area contributed by atoms with E-state index in [0.717, 1.165) is 47.6 Å². The summed E-state index contributed by atoms with van der Waals surface area (Å²) in [6.45, 7) is 6.39. The van der Waals surface area contributed by atoms with Crippen LogP contribution in [0.5, 0.6) is 11.8 Å². The zero-order valence-corrected chi connectivity index (χ0v) is 19.7. The number of ether oxygens (including phenoxy) is 1. The van der Waals surface area contributed by atoms with Crippen molar-refractivity contribution in [1.29, 1.82) is 0 Å². The second-order valence-electron chi connectivity index (χ2n) is 9.13. The first kappa shape index (κ1) is 21.5. The van der Waals surface area contributed by atoms with E-state index in [0.29, 0.717) is 42.6 Å². The van der Waals surface area contributed by atoms with E-state index < -0.39 is 5.82 Å². The van der Waals surface area contributed by atoms with Gasteiger partial charge in [0.1, 0.15) is 0 Å². The van der Waals surface area contributed by atoms with Crippen molar-refractivity contribution in [2.24, 2.45) is 0 Å². The van der Waals surface area contributed by atoms with Crippen molar-refractivity contribution in [3.8, 4) is 23.0 Å². The van der Waals surface area contributed by atoms with Crippen LogP contribution < -0.4 is 10.1 Å². The Morgan fingerprint density at radius 3 is 2.88 bits per heavy atom. The highest BCUT2D eigenvalue weighted by Crippen LogP contribution is 2.42. The number of aryl methyl sites for hydroxylation is 1. The summed E-state index contributed by atoms with van der Waals surface area (Å²) < 4.78 is 21.9. The minimum atomic E-state index is -0.572. The Labute approximate surface area is 200 Å². The lowest BCUT2D eigenvalue weighted by molar-refractivity contribution is 0.0928. The van der Waals surface area contributed by atoms with Crippen LogP contribution in [0.4, 0.5) is 4.39 Å². The third-order valence-corrected chi connectivity index (χ3v) is 7.14. The van der Waals surface area contributed by atoms with Crippen molar-refractivity contribution < 1.29 is 13.9 Å². The van der Waals surface area contributed by atoms with E-state index in [9.17, 15) is 4.79 Å². The Kier molecular flexibility index (Phi) is 5.07. The molecule has 5 heterocycles. The first-order valence-corrected chi connectivity index (χ1v) is 12.0. The largest absolute Gasteiger partial charge is 0.417 e. The lowest BCUT2D eigenvalue weighted by atomic mass is 9.88. The number of halogens is 2. The van der Waals surface area contributed by atoms with E-state index in [-0.39, 0.29) is 29.0 Å². The van der Waals surface area contributed by atoms with Crippen LogP contribution in [0.15, 0.2) is 6.20 Å². The van der Waals surface area contributed by atoms with E-state index in [4.69, 9.17) is 16.3 Å². The molecule has 6 rings (SSSR count). The molecular formula is C24H24ClFN6O2. The Morgan fingerprint density at radius 2 is 2.06 bits per heavy atom. The van der Waals surface area contributed by atoms with Gasteiger partial charge in [0, 0.05) is 49.4 Å². The van der Waals surface area contributed by atoms with E-state index in [1.807, 2.05) is 6.92 Å². The summed E-state index contributed by atoms with van der Waals surface area (Å²) >= 11 is 6.15. The molecular weight excluding hydrogens is 459 g/mol. The number of carbonyl (C=O) groups excluding carboxylic acids is 1. The standard InChI is InChI=1S/C24H24ClFN6O2/c1-3-32-7-6-15-14(10-32)22(31-24(25)30-15)34-23-19(26)17-12(9-27-23)4-5-13-18-16(29-20(13)17)8-11(2)28-21(18)33/h9,11,29H,3-8,10H2,1-2H3,(H,28,33). The van der Waals surface area contributed by atoms with Gasteiger partial charge >= 0.3 is 0 Å². The molecule has 1 aliphatic carbocycles. The molecule has 34 heavy (non-hydrogen) atoms. The maximum Gasteiger partial charge on any atom is 0.258 e. The molecule has 10 heteroatoms. The third-order valence-electron chi connectivity index (χ3n) is 6.97. The number of amides is 1. The summed E-state index contributed by atoms with van der Waals surface area (Å²) in [5.74, 6) is -0.613. The minimum absolute atomic E-state index is 0.0251. The van der Waals surface area contributed by atoms with Crippen LogP contribution in [0.25, 0.3) is 11.3 Å². The molecule has 2 N–H and O–H groups in total. The molecule has 8 nitrogen and oxygen atoms in total. The van der Waals surface area contributed by atoms with E-state index in [1.54, 1.807) is 6.20 Å². The summed E-state index contributed by atoms with van der Waals surface area (Å²) in [4.78, 5) is 31.1. The van der Waals surface area contributed by atoms with Crippen molar-refractivity contribution in [1.82, 2.24) is 30.2 Å². The van der Waals surface area contributed by atoms with Gasteiger partial charge in [-0.15, -0.1) is 0 Å². The van der Waals surface area contributed by atoms with E-state index in [2.05, 4.69) is 37.1 Å². The van der Waals surface area contributed by atoms with Crippen LogP contribution in [0.3, 0.4) is 0 Å². The molecule has 0 fully saturated rings. The van der Waals surface area contributed by atoms with Gasteiger partial charge in [-0.3, -0.25) is 9.69 Å². The van der Waals surface area contributed by atoms with Crippen molar-refractivity contribution in [3.05, 3.63) is 50.9 Å². The molecule has 0 aromatic carbocycles. The van der Waals surface area contributed by atoms with Gasteiger partial charge in [0.15, 0.2) is 5.82 Å². The number of pyridine rings is 1. The fourth-order valence-electron chi connectivity index (χ4n) is 5.29. The molecule has 176 valence electrons. The summed E-state index contributed by atoms with van der Waals surface area (Å²) in [6, 6.07) is 0.0251. The highest BCUT2D eigenvalue weighted by molar-refractivity contribution is 6.28.